The number of benzene rings is 1. The van der Waals surface area contributed by atoms with Crippen molar-refractivity contribution in [3.63, 3.8) is 0 Å². The Morgan fingerprint density at radius 3 is 2.95 bits per heavy atom. The van der Waals surface area contributed by atoms with Crippen LogP contribution < -0.4 is 16.0 Å². The van der Waals surface area contributed by atoms with Crippen LogP contribution in [0, 0.1) is 0 Å². The first kappa shape index (κ1) is 14.3. The van der Waals surface area contributed by atoms with Crippen molar-refractivity contribution in [2.75, 3.05) is 24.2 Å². The predicted octanol–water partition coefficient (Wildman–Crippen LogP) is 0.890. The van der Waals surface area contributed by atoms with Gasteiger partial charge in [0.2, 0.25) is 0 Å². The van der Waals surface area contributed by atoms with Gasteiger partial charge in [-0.1, -0.05) is 6.07 Å². The van der Waals surface area contributed by atoms with Crippen molar-refractivity contribution in [1.82, 2.24) is 10.6 Å². The third-order valence-electron chi connectivity index (χ3n) is 3.93. The molecule has 114 valence electrons. The Morgan fingerprint density at radius 1 is 1.33 bits per heavy atom. The van der Waals surface area contributed by atoms with Gasteiger partial charge in [0.15, 0.2) is 9.84 Å². The molecule has 0 bridgehead atoms. The van der Waals surface area contributed by atoms with Crippen molar-refractivity contribution < 1.29 is 13.2 Å². The molecule has 3 rings (SSSR count). The summed E-state index contributed by atoms with van der Waals surface area (Å²) in [6, 6.07) is 4.91. The summed E-state index contributed by atoms with van der Waals surface area (Å²) in [5.74, 6) is 0.158. The van der Waals surface area contributed by atoms with Gasteiger partial charge < -0.3 is 16.0 Å². The van der Waals surface area contributed by atoms with Crippen molar-refractivity contribution in [2.45, 2.75) is 30.2 Å². The molecule has 0 saturated carbocycles. The zero-order valence-corrected chi connectivity index (χ0v) is 12.5. The van der Waals surface area contributed by atoms with Crippen LogP contribution >= 0.6 is 0 Å². The largest absolute Gasteiger partial charge is 0.334 e. The maximum atomic E-state index is 11.9. The Kier molecular flexibility index (Phi) is 3.86. The third kappa shape index (κ3) is 3.19. The second-order valence-electron chi connectivity index (χ2n) is 5.53. The molecule has 1 atom stereocenters. The van der Waals surface area contributed by atoms with E-state index in [1.807, 2.05) is 0 Å². The van der Waals surface area contributed by atoms with Crippen LogP contribution in [0.1, 0.15) is 18.4 Å². The Balaban J connectivity index is 1.67. The number of sulfone groups is 1. The molecule has 1 fully saturated rings. The molecular weight excluding hydrogens is 290 g/mol. The zero-order chi connectivity index (χ0) is 14.9. The second-order valence-corrected chi connectivity index (χ2v) is 7.61. The van der Waals surface area contributed by atoms with Crippen LogP contribution in [0.2, 0.25) is 0 Å². The van der Waals surface area contributed by atoms with Gasteiger partial charge >= 0.3 is 6.03 Å². The second kappa shape index (κ2) is 5.65. The van der Waals surface area contributed by atoms with Gasteiger partial charge in [0, 0.05) is 18.3 Å². The molecular formula is C14H19N3O3S. The lowest BCUT2D eigenvalue weighted by Crippen LogP contribution is -2.47. The number of amides is 2. The van der Waals surface area contributed by atoms with Crippen LogP contribution in [0.25, 0.3) is 0 Å². The maximum Gasteiger partial charge on any atom is 0.319 e. The molecule has 2 aliphatic rings. The minimum Gasteiger partial charge on any atom is -0.334 e. The molecule has 0 spiro atoms. The zero-order valence-electron chi connectivity index (χ0n) is 11.7. The number of aryl methyl sites for hydroxylation is 1. The molecule has 21 heavy (non-hydrogen) atoms. The molecule has 1 aromatic carbocycles. The van der Waals surface area contributed by atoms with Gasteiger partial charge in [-0.2, -0.15) is 0 Å². The third-order valence-corrected chi connectivity index (χ3v) is 5.72. The number of anilines is 1. The lowest BCUT2D eigenvalue weighted by atomic mass is 10.1. The van der Waals surface area contributed by atoms with Crippen molar-refractivity contribution in [1.29, 1.82) is 0 Å². The first-order chi connectivity index (χ1) is 10.0. The number of nitrogens with one attached hydrogen (secondary N) is 3. The highest BCUT2D eigenvalue weighted by molar-refractivity contribution is 7.91. The molecule has 1 saturated heterocycles. The maximum absolute atomic E-state index is 11.9. The van der Waals surface area contributed by atoms with Crippen LogP contribution in [0.15, 0.2) is 23.1 Å². The highest BCUT2D eigenvalue weighted by Crippen LogP contribution is 2.28. The number of rotatable bonds is 2. The standard InChI is InChI=1S/C14H19N3O3S/c18-14(17-12-2-1-6-15-9-12)16-11-4-3-10-5-7-21(19,20)13(10)8-11/h3-4,8,12,15H,1-2,5-7,9H2,(H2,16,17,18). The van der Waals surface area contributed by atoms with E-state index in [0.717, 1.165) is 31.5 Å². The Bertz CT molecular complexity index is 651. The summed E-state index contributed by atoms with van der Waals surface area (Å²) < 4.78 is 23.7. The summed E-state index contributed by atoms with van der Waals surface area (Å²) in [5.41, 5.74) is 1.35. The van der Waals surface area contributed by atoms with Crippen LogP contribution in [-0.4, -0.2) is 39.3 Å². The smallest absolute Gasteiger partial charge is 0.319 e. The Morgan fingerprint density at radius 2 is 2.19 bits per heavy atom. The highest BCUT2D eigenvalue weighted by Gasteiger charge is 2.26. The van der Waals surface area contributed by atoms with Crippen molar-refractivity contribution in [3.8, 4) is 0 Å². The quantitative estimate of drug-likeness (QED) is 0.757. The summed E-state index contributed by atoms with van der Waals surface area (Å²) in [6.45, 7) is 1.76. The van der Waals surface area contributed by atoms with Gasteiger partial charge in [0.25, 0.3) is 0 Å². The number of urea groups is 1. The predicted molar refractivity (Wildman–Crippen MR) is 80.2 cm³/mol. The van der Waals surface area contributed by atoms with Crippen molar-refractivity contribution in [2.24, 2.45) is 0 Å². The van der Waals surface area contributed by atoms with Crippen molar-refractivity contribution >= 4 is 21.6 Å². The molecule has 2 heterocycles. The number of carbonyl (C=O) groups excluding carboxylic acids is 1. The van der Waals surface area contributed by atoms with E-state index in [0.29, 0.717) is 17.0 Å². The number of hydrogen-bond acceptors (Lipinski definition) is 4. The summed E-state index contributed by atoms with van der Waals surface area (Å²) in [7, 11) is -3.17. The fourth-order valence-electron chi connectivity index (χ4n) is 2.81. The van der Waals surface area contributed by atoms with E-state index in [-0.39, 0.29) is 17.8 Å². The molecule has 2 amide bonds. The van der Waals surface area contributed by atoms with Crippen LogP contribution in [0.5, 0.6) is 0 Å². The summed E-state index contributed by atoms with van der Waals surface area (Å²) in [4.78, 5) is 12.3. The van der Waals surface area contributed by atoms with E-state index in [1.54, 1.807) is 18.2 Å². The van der Waals surface area contributed by atoms with Gasteiger partial charge in [-0.05, 0) is 43.5 Å². The van der Waals surface area contributed by atoms with Gasteiger partial charge in [0.1, 0.15) is 0 Å². The summed E-state index contributed by atoms with van der Waals surface area (Å²) >= 11 is 0. The minimum atomic E-state index is -3.17. The fraction of sp³-hybridized carbons (Fsp3) is 0.500. The average molecular weight is 309 g/mol. The normalized spacial score (nSPS) is 23.3. The highest BCUT2D eigenvalue weighted by atomic mass is 32.2. The fourth-order valence-corrected chi connectivity index (χ4v) is 4.39. The molecule has 0 aromatic heterocycles. The SMILES string of the molecule is O=C(Nc1ccc2c(c1)S(=O)(=O)CC2)NC1CCCNC1. The Labute approximate surface area is 124 Å². The van der Waals surface area contributed by atoms with E-state index in [4.69, 9.17) is 0 Å². The average Bonchev–Trinajstić information content (AvgIpc) is 2.75. The van der Waals surface area contributed by atoms with Gasteiger partial charge in [-0.15, -0.1) is 0 Å². The molecule has 2 aliphatic heterocycles. The monoisotopic (exact) mass is 309 g/mol. The van der Waals surface area contributed by atoms with Gasteiger partial charge in [0.05, 0.1) is 10.6 Å². The number of hydrogen-bond donors (Lipinski definition) is 3. The van der Waals surface area contributed by atoms with Gasteiger partial charge in [-0.3, -0.25) is 0 Å². The lowest BCUT2D eigenvalue weighted by molar-refractivity contribution is 0.245. The van der Waals surface area contributed by atoms with E-state index < -0.39 is 9.84 Å². The van der Waals surface area contributed by atoms with E-state index in [1.165, 1.54) is 0 Å². The molecule has 0 radical (unpaired) electrons. The summed E-state index contributed by atoms with van der Waals surface area (Å²) in [6.07, 6.45) is 2.55. The van der Waals surface area contributed by atoms with E-state index >= 15 is 0 Å². The minimum absolute atomic E-state index is 0.122. The lowest BCUT2D eigenvalue weighted by Gasteiger charge is -2.23. The first-order valence-corrected chi connectivity index (χ1v) is 8.84. The Hall–Kier alpha value is -1.60. The van der Waals surface area contributed by atoms with Gasteiger partial charge in [-0.25, -0.2) is 13.2 Å². The number of fused-ring (bicyclic) bond motifs is 1. The van der Waals surface area contributed by atoms with Crippen LogP contribution in [-0.2, 0) is 16.3 Å². The van der Waals surface area contributed by atoms with Crippen LogP contribution in [0.4, 0.5) is 10.5 Å². The molecule has 7 heteroatoms. The summed E-state index contributed by atoms with van der Waals surface area (Å²) in [5, 5.41) is 8.84. The molecule has 1 unspecified atom stereocenters. The van der Waals surface area contributed by atoms with Crippen molar-refractivity contribution in [3.05, 3.63) is 23.8 Å². The van der Waals surface area contributed by atoms with E-state index in [2.05, 4.69) is 16.0 Å². The molecule has 1 aromatic rings. The number of piperidine rings is 1. The first-order valence-electron chi connectivity index (χ1n) is 7.18. The molecule has 6 nitrogen and oxygen atoms in total. The number of carbonyl (C=O) groups is 1. The van der Waals surface area contributed by atoms with Crippen LogP contribution in [0.3, 0.4) is 0 Å². The topological polar surface area (TPSA) is 87.3 Å². The molecule has 3 N–H and O–H groups in total. The van der Waals surface area contributed by atoms with E-state index in [9.17, 15) is 13.2 Å². The molecule has 0 aliphatic carbocycles.